The quantitative estimate of drug-likeness (QED) is 0.917. The van der Waals surface area contributed by atoms with E-state index in [-0.39, 0.29) is 23.8 Å². The van der Waals surface area contributed by atoms with Crippen LogP contribution in [0.1, 0.15) is 29.6 Å². The van der Waals surface area contributed by atoms with Crippen molar-refractivity contribution in [1.82, 2.24) is 10.2 Å². The largest absolute Gasteiger partial charge is 0.494 e. The van der Waals surface area contributed by atoms with E-state index in [9.17, 15) is 14.0 Å². The number of piperidine rings is 1. The van der Waals surface area contributed by atoms with Crippen LogP contribution in [0.5, 0.6) is 5.75 Å². The Bertz CT molecular complexity index is 528. The molecule has 114 valence electrons. The maximum Gasteiger partial charge on any atom is 0.251 e. The molecular weight excluding hydrogens is 275 g/mol. The highest BCUT2D eigenvalue weighted by molar-refractivity contribution is 5.96. The maximum atomic E-state index is 13.5. The molecular formula is C15H19FN2O3. The highest BCUT2D eigenvalue weighted by Gasteiger charge is 2.17. The van der Waals surface area contributed by atoms with Gasteiger partial charge in [-0.1, -0.05) is 0 Å². The zero-order valence-corrected chi connectivity index (χ0v) is 12.0. The number of rotatable bonds is 4. The van der Waals surface area contributed by atoms with Crippen LogP contribution in [0, 0.1) is 5.82 Å². The maximum absolute atomic E-state index is 13.5. The highest BCUT2D eigenvalue weighted by Crippen LogP contribution is 2.17. The zero-order chi connectivity index (χ0) is 15.2. The molecule has 0 atom stereocenters. The molecule has 0 spiro atoms. The van der Waals surface area contributed by atoms with Crippen molar-refractivity contribution >= 4 is 11.8 Å². The molecule has 0 unspecified atom stereocenters. The fourth-order valence-corrected chi connectivity index (χ4v) is 2.32. The minimum Gasteiger partial charge on any atom is -0.494 e. The second kappa shape index (κ2) is 7.06. The molecule has 0 bridgehead atoms. The summed E-state index contributed by atoms with van der Waals surface area (Å²) in [5, 5.41) is 2.52. The van der Waals surface area contributed by atoms with Gasteiger partial charge in [0.15, 0.2) is 11.6 Å². The average Bonchev–Trinajstić information content (AvgIpc) is 2.53. The summed E-state index contributed by atoms with van der Waals surface area (Å²) in [5.41, 5.74) is 0.166. The van der Waals surface area contributed by atoms with Gasteiger partial charge in [0.25, 0.3) is 5.91 Å². The Kier molecular flexibility index (Phi) is 5.14. The predicted molar refractivity (Wildman–Crippen MR) is 75.7 cm³/mol. The van der Waals surface area contributed by atoms with Crippen molar-refractivity contribution in [3.8, 4) is 5.75 Å². The summed E-state index contributed by atoms with van der Waals surface area (Å²) in [6, 6.07) is 3.94. The molecule has 0 radical (unpaired) electrons. The lowest BCUT2D eigenvalue weighted by Crippen LogP contribution is -2.42. The Hall–Kier alpha value is -2.11. The Balaban J connectivity index is 1.89. The lowest BCUT2D eigenvalue weighted by molar-refractivity contribution is -0.130. The van der Waals surface area contributed by atoms with Crippen molar-refractivity contribution in [3.05, 3.63) is 29.6 Å². The third-order valence-electron chi connectivity index (χ3n) is 3.52. The lowest BCUT2D eigenvalue weighted by atomic mass is 10.1. The molecule has 21 heavy (non-hydrogen) atoms. The molecule has 1 aromatic rings. The monoisotopic (exact) mass is 294 g/mol. The van der Waals surface area contributed by atoms with E-state index in [4.69, 9.17) is 4.74 Å². The number of halogens is 1. The molecule has 1 aliphatic rings. The fourth-order valence-electron chi connectivity index (χ4n) is 2.32. The van der Waals surface area contributed by atoms with Crippen LogP contribution in [0.15, 0.2) is 18.2 Å². The summed E-state index contributed by atoms with van der Waals surface area (Å²) in [4.78, 5) is 25.6. The summed E-state index contributed by atoms with van der Waals surface area (Å²) < 4.78 is 18.3. The summed E-state index contributed by atoms with van der Waals surface area (Å²) in [6.07, 6.45) is 3.15. The summed E-state index contributed by atoms with van der Waals surface area (Å²) in [7, 11) is 1.36. The minimum atomic E-state index is -0.604. The molecule has 6 heteroatoms. The van der Waals surface area contributed by atoms with Crippen LogP contribution in [0.4, 0.5) is 4.39 Å². The highest BCUT2D eigenvalue weighted by atomic mass is 19.1. The van der Waals surface area contributed by atoms with Gasteiger partial charge in [-0.2, -0.15) is 0 Å². The van der Waals surface area contributed by atoms with E-state index in [1.807, 2.05) is 0 Å². The normalized spacial score (nSPS) is 14.7. The fraction of sp³-hybridized carbons (Fsp3) is 0.467. The van der Waals surface area contributed by atoms with Gasteiger partial charge in [-0.25, -0.2) is 4.39 Å². The van der Waals surface area contributed by atoms with Crippen molar-refractivity contribution in [3.63, 3.8) is 0 Å². The van der Waals surface area contributed by atoms with Gasteiger partial charge < -0.3 is 15.0 Å². The first kappa shape index (κ1) is 15.3. The Morgan fingerprint density at radius 1 is 1.29 bits per heavy atom. The number of amides is 2. The Morgan fingerprint density at radius 3 is 2.62 bits per heavy atom. The second-order valence-electron chi connectivity index (χ2n) is 4.97. The lowest BCUT2D eigenvalue weighted by Gasteiger charge is -2.26. The number of carbonyl (C=O) groups is 2. The topological polar surface area (TPSA) is 58.6 Å². The summed E-state index contributed by atoms with van der Waals surface area (Å²) >= 11 is 0. The number of nitrogens with zero attached hydrogens (tertiary/aromatic N) is 1. The molecule has 0 aliphatic carbocycles. The van der Waals surface area contributed by atoms with E-state index in [0.717, 1.165) is 38.4 Å². The van der Waals surface area contributed by atoms with Crippen LogP contribution in [0.25, 0.3) is 0 Å². The van der Waals surface area contributed by atoms with Gasteiger partial charge in [-0.3, -0.25) is 9.59 Å². The van der Waals surface area contributed by atoms with E-state index in [1.165, 1.54) is 19.2 Å². The molecule has 0 aromatic heterocycles. The number of methoxy groups -OCH3 is 1. The van der Waals surface area contributed by atoms with E-state index in [0.29, 0.717) is 0 Å². The number of benzene rings is 1. The molecule has 1 aromatic carbocycles. The molecule has 1 fully saturated rings. The Labute approximate surface area is 123 Å². The number of nitrogens with one attached hydrogen (secondary N) is 1. The smallest absolute Gasteiger partial charge is 0.251 e. The summed E-state index contributed by atoms with van der Waals surface area (Å²) in [6.45, 7) is 1.42. The van der Waals surface area contributed by atoms with Crippen molar-refractivity contribution in [2.24, 2.45) is 0 Å². The molecule has 1 saturated heterocycles. The zero-order valence-electron chi connectivity index (χ0n) is 12.0. The SMILES string of the molecule is COc1ccc(C(=O)NCC(=O)N2CCCCC2)cc1F. The van der Waals surface area contributed by atoms with Crippen LogP contribution < -0.4 is 10.1 Å². The van der Waals surface area contributed by atoms with Crippen molar-refractivity contribution < 1.29 is 18.7 Å². The van der Waals surface area contributed by atoms with E-state index < -0.39 is 11.7 Å². The van der Waals surface area contributed by atoms with E-state index in [2.05, 4.69) is 5.32 Å². The van der Waals surface area contributed by atoms with Gasteiger partial charge in [0, 0.05) is 18.7 Å². The predicted octanol–water partition coefficient (Wildman–Crippen LogP) is 1.58. The Morgan fingerprint density at radius 2 is 2.00 bits per heavy atom. The first-order valence-electron chi connectivity index (χ1n) is 7.01. The number of ether oxygens (including phenoxy) is 1. The molecule has 1 N–H and O–H groups in total. The van der Waals surface area contributed by atoms with Crippen LogP contribution >= 0.6 is 0 Å². The van der Waals surface area contributed by atoms with E-state index >= 15 is 0 Å². The third kappa shape index (κ3) is 3.93. The third-order valence-corrected chi connectivity index (χ3v) is 3.52. The average molecular weight is 294 g/mol. The van der Waals surface area contributed by atoms with Gasteiger partial charge in [-0.05, 0) is 37.5 Å². The van der Waals surface area contributed by atoms with Crippen LogP contribution in [0.3, 0.4) is 0 Å². The first-order valence-corrected chi connectivity index (χ1v) is 7.01. The van der Waals surface area contributed by atoms with Gasteiger partial charge >= 0.3 is 0 Å². The molecule has 1 aliphatic heterocycles. The number of carbonyl (C=O) groups excluding carboxylic acids is 2. The van der Waals surface area contributed by atoms with Crippen LogP contribution in [0.2, 0.25) is 0 Å². The number of hydrogen-bond donors (Lipinski definition) is 1. The van der Waals surface area contributed by atoms with Gasteiger partial charge in [0.2, 0.25) is 5.91 Å². The van der Waals surface area contributed by atoms with Crippen molar-refractivity contribution in [2.45, 2.75) is 19.3 Å². The molecule has 2 amide bonds. The first-order chi connectivity index (χ1) is 10.1. The minimum absolute atomic E-state index is 0.0630. The molecule has 2 rings (SSSR count). The summed E-state index contributed by atoms with van der Waals surface area (Å²) in [5.74, 6) is -1.10. The van der Waals surface area contributed by atoms with Crippen LogP contribution in [-0.4, -0.2) is 43.5 Å². The standard InChI is InChI=1S/C15H19FN2O3/c1-21-13-6-5-11(9-12(13)16)15(20)17-10-14(19)18-7-3-2-4-8-18/h5-6,9H,2-4,7-8,10H2,1H3,(H,17,20). The molecule has 0 saturated carbocycles. The van der Waals surface area contributed by atoms with E-state index in [1.54, 1.807) is 4.90 Å². The van der Waals surface area contributed by atoms with Gasteiger partial charge in [-0.15, -0.1) is 0 Å². The second-order valence-corrected chi connectivity index (χ2v) is 4.97. The van der Waals surface area contributed by atoms with Crippen LogP contribution in [-0.2, 0) is 4.79 Å². The van der Waals surface area contributed by atoms with Crippen molar-refractivity contribution in [2.75, 3.05) is 26.7 Å². The van der Waals surface area contributed by atoms with Gasteiger partial charge in [0.05, 0.1) is 13.7 Å². The van der Waals surface area contributed by atoms with Gasteiger partial charge in [0.1, 0.15) is 0 Å². The molecule has 1 heterocycles. The number of likely N-dealkylation sites (tertiary alicyclic amines) is 1. The molecule has 5 nitrogen and oxygen atoms in total. The number of hydrogen-bond acceptors (Lipinski definition) is 3. The van der Waals surface area contributed by atoms with Crippen molar-refractivity contribution in [1.29, 1.82) is 0 Å².